The van der Waals surface area contributed by atoms with E-state index in [1.807, 2.05) is 49.4 Å². The van der Waals surface area contributed by atoms with Crippen molar-refractivity contribution in [3.8, 4) is 5.75 Å². The summed E-state index contributed by atoms with van der Waals surface area (Å²) in [5.74, 6) is 0.656. The Morgan fingerprint density at radius 1 is 1.27 bits per heavy atom. The normalized spacial score (nSPS) is 18.0. The standard InChI is InChI=1S/C18H18ClNO2/c1-12(13-5-3-2-4-6-13)20-18(21)15-9-14-10-16(19)7-8-17(14)22-11-15/h2-8,10,12,15H,9,11H2,1H3,(H,20,21)/t12-,15-/m0/s1. The number of hydrogen-bond acceptors (Lipinski definition) is 2. The van der Waals surface area contributed by atoms with E-state index in [9.17, 15) is 4.79 Å². The molecular formula is C18H18ClNO2. The van der Waals surface area contributed by atoms with Gasteiger partial charge >= 0.3 is 0 Å². The summed E-state index contributed by atoms with van der Waals surface area (Å²) >= 11 is 6.01. The second-order valence-corrected chi connectivity index (χ2v) is 6.04. The van der Waals surface area contributed by atoms with Crippen LogP contribution in [0.1, 0.15) is 24.1 Å². The Kier molecular flexibility index (Phi) is 4.34. The molecular weight excluding hydrogens is 298 g/mol. The largest absolute Gasteiger partial charge is 0.492 e. The van der Waals surface area contributed by atoms with Gasteiger partial charge in [-0.1, -0.05) is 41.9 Å². The lowest BCUT2D eigenvalue weighted by Crippen LogP contribution is -2.38. The van der Waals surface area contributed by atoms with Crippen LogP contribution in [0.5, 0.6) is 5.75 Å². The molecule has 114 valence electrons. The molecule has 0 fully saturated rings. The monoisotopic (exact) mass is 315 g/mol. The second kappa shape index (κ2) is 6.41. The Morgan fingerprint density at radius 2 is 2.05 bits per heavy atom. The number of hydrogen-bond donors (Lipinski definition) is 1. The smallest absolute Gasteiger partial charge is 0.227 e. The summed E-state index contributed by atoms with van der Waals surface area (Å²) in [6.07, 6.45) is 0.656. The number of fused-ring (bicyclic) bond motifs is 1. The maximum atomic E-state index is 12.5. The lowest BCUT2D eigenvalue weighted by atomic mass is 9.95. The first-order valence-electron chi connectivity index (χ1n) is 7.40. The molecule has 3 nitrogen and oxygen atoms in total. The van der Waals surface area contributed by atoms with Gasteiger partial charge in [-0.3, -0.25) is 4.79 Å². The lowest BCUT2D eigenvalue weighted by molar-refractivity contribution is -0.126. The Bertz CT molecular complexity index is 672. The van der Waals surface area contributed by atoms with E-state index in [1.165, 1.54) is 0 Å². The van der Waals surface area contributed by atoms with Gasteiger partial charge in [-0.15, -0.1) is 0 Å². The maximum absolute atomic E-state index is 12.5. The maximum Gasteiger partial charge on any atom is 0.227 e. The summed E-state index contributed by atoms with van der Waals surface area (Å²) in [5, 5.41) is 3.73. The highest BCUT2D eigenvalue weighted by Gasteiger charge is 2.27. The van der Waals surface area contributed by atoms with Gasteiger partial charge in [0.2, 0.25) is 5.91 Å². The predicted octanol–water partition coefficient (Wildman–Crippen LogP) is 3.77. The minimum Gasteiger partial charge on any atom is -0.492 e. The summed E-state index contributed by atoms with van der Waals surface area (Å²) in [6.45, 7) is 2.39. The first-order chi connectivity index (χ1) is 10.6. The fourth-order valence-electron chi connectivity index (χ4n) is 2.69. The van der Waals surface area contributed by atoms with Crippen LogP contribution in [0.3, 0.4) is 0 Å². The van der Waals surface area contributed by atoms with Gasteiger partial charge in [-0.05, 0) is 42.7 Å². The number of nitrogens with one attached hydrogen (secondary N) is 1. The molecule has 1 heterocycles. The highest BCUT2D eigenvalue weighted by Crippen LogP contribution is 2.30. The number of rotatable bonds is 3. The van der Waals surface area contributed by atoms with Crippen molar-refractivity contribution in [2.45, 2.75) is 19.4 Å². The zero-order valence-corrected chi connectivity index (χ0v) is 13.1. The Labute approximate surface area is 135 Å². The van der Waals surface area contributed by atoms with Gasteiger partial charge in [0.25, 0.3) is 0 Å². The molecule has 0 aromatic heterocycles. The quantitative estimate of drug-likeness (QED) is 0.936. The van der Waals surface area contributed by atoms with Gasteiger partial charge in [0.1, 0.15) is 12.4 Å². The van der Waals surface area contributed by atoms with Crippen LogP contribution in [0, 0.1) is 5.92 Å². The SMILES string of the molecule is C[C@H](NC(=O)[C@@H]1COc2ccc(Cl)cc2C1)c1ccccc1. The summed E-state index contributed by atoms with van der Waals surface area (Å²) in [6, 6.07) is 15.4. The third-order valence-corrected chi connectivity index (χ3v) is 4.19. The number of carbonyl (C=O) groups excluding carboxylic acids is 1. The van der Waals surface area contributed by atoms with Gasteiger partial charge in [0, 0.05) is 5.02 Å². The van der Waals surface area contributed by atoms with E-state index in [1.54, 1.807) is 6.07 Å². The summed E-state index contributed by atoms with van der Waals surface area (Å²) < 4.78 is 5.68. The fraction of sp³-hybridized carbons (Fsp3) is 0.278. The van der Waals surface area contributed by atoms with Gasteiger partial charge in [0.15, 0.2) is 0 Å². The van der Waals surface area contributed by atoms with Crippen LogP contribution < -0.4 is 10.1 Å². The topological polar surface area (TPSA) is 38.3 Å². The molecule has 0 spiro atoms. The average molecular weight is 316 g/mol. The molecule has 0 saturated carbocycles. The fourth-order valence-corrected chi connectivity index (χ4v) is 2.88. The third kappa shape index (κ3) is 3.25. The molecule has 0 saturated heterocycles. The van der Waals surface area contributed by atoms with E-state index in [-0.39, 0.29) is 17.9 Å². The van der Waals surface area contributed by atoms with Crippen molar-refractivity contribution in [3.63, 3.8) is 0 Å². The Morgan fingerprint density at radius 3 is 2.82 bits per heavy atom. The number of benzene rings is 2. The Hall–Kier alpha value is -2.00. The minimum absolute atomic E-state index is 0.0157. The molecule has 1 amide bonds. The van der Waals surface area contributed by atoms with Gasteiger partial charge in [-0.25, -0.2) is 0 Å². The van der Waals surface area contributed by atoms with Gasteiger partial charge in [0.05, 0.1) is 12.0 Å². The van der Waals surface area contributed by atoms with Crippen LogP contribution in [0.4, 0.5) is 0 Å². The van der Waals surface area contributed by atoms with Crippen molar-refractivity contribution in [2.24, 2.45) is 5.92 Å². The lowest BCUT2D eigenvalue weighted by Gasteiger charge is -2.26. The summed E-state index contributed by atoms with van der Waals surface area (Å²) in [5.41, 5.74) is 2.09. The zero-order valence-electron chi connectivity index (χ0n) is 12.4. The van der Waals surface area contributed by atoms with E-state index in [0.29, 0.717) is 18.1 Å². The van der Waals surface area contributed by atoms with Crippen LogP contribution in [-0.4, -0.2) is 12.5 Å². The molecule has 0 bridgehead atoms. The Balaban J connectivity index is 1.66. The van der Waals surface area contributed by atoms with Crippen molar-refractivity contribution >= 4 is 17.5 Å². The first-order valence-corrected chi connectivity index (χ1v) is 7.78. The highest BCUT2D eigenvalue weighted by molar-refractivity contribution is 6.30. The van der Waals surface area contributed by atoms with E-state index < -0.39 is 0 Å². The van der Waals surface area contributed by atoms with Crippen molar-refractivity contribution in [1.29, 1.82) is 0 Å². The number of halogens is 1. The van der Waals surface area contributed by atoms with Crippen LogP contribution in [0.2, 0.25) is 5.02 Å². The van der Waals surface area contributed by atoms with Crippen LogP contribution in [0.15, 0.2) is 48.5 Å². The van der Waals surface area contributed by atoms with Gasteiger partial charge < -0.3 is 10.1 Å². The summed E-state index contributed by atoms with van der Waals surface area (Å²) in [7, 11) is 0. The van der Waals surface area contributed by atoms with Crippen LogP contribution >= 0.6 is 11.6 Å². The first kappa shape index (κ1) is 14.9. The molecule has 0 unspecified atom stereocenters. The molecule has 2 atom stereocenters. The molecule has 1 aliphatic heterocycles. The molecule has 0 aliphatic carbocycles. The molecule has 2 aromatic carbocycles. The summed E-state index contributed by atoms with van der Waals surface area (Å²) in [4.78, 5) is 12.5. The van der Waals surface area contributed by atoms with Crippen molar-refractivity contribution in [2.75, 3.05) is 6.61 Å². The zero-order chi connectivity index (χ0) is 15.5. The third-order valence-electron chi connectivity index (χ3n) is 3.96. The van der Waals surface area contributed by atoms with Crippen molar-refractivity contribution < 1.29 is 9.53 Å². The minimum atomic E-state index is -0.183. The van der Waals surface area contributed by atoms with Crippen LogP contribution in [-0.2, 0) is 11.2 Å². The van der Waals surface area contributed by atoms with Crippen LogP contribution in [0.25, 0.3) is 0 Å². The second-order valence-electron chi connectivity index (χ2n) is 5.61. The van der Waals surface area contributed by atoms with E-state index in [2.05, 4.69) is 5.32 Å². The molecule has 3 rings (SSSR count). The molecule has 2 aromatic rings. The number of ether oxygens (including phenoxy) is 1. The highest BCUT2D eigenvalue weighted by atomic mass is 35.5. The molecule has 1 aliphatic rings. The molecule has 0 radical (unpaired) electrons. The number of carbonyl (C=O) groups is 1. The van der Waals surface area contributed by atoms with E-state index in [0.717, 1.165) is 16.9 Å². The van der Waals surface area contributed by atoms with Crippen molar-refractivity contribution in [1.82, 2.24) is 5.32 Å². The molecule has 4 heteroatoms. The van der Waals surface area contributed by atoms with E-state index in [4.69, 9.17) is 16.3 Å². The molecule has 1 N–H and O–H groups in total. The van der Waals surface area contributed by atoms with E-state index >= 15 is 0 Å². The average Bonchev–Trinajstić information content (AvgIpc) is 2.54. The predicted molar refractivity (Wildman–Crippen MR) is 87.1 cm³/mol. The van der Waals surface area contributed by atoms with Crippen molar-refractivity contribution in [3.05, 3.63) is 64.7 Å². The molecule has 22 heavy (non-hydrogen) atoms. The number of amides is 1. The van der Waals surface area contributed by atoms with Gasteiger partial charge in [-0.2, -0.15) is 0 Å².